The highest BCUT2D eigenvalue weighted by atomic mass is 19.4. The number of carbonyl (C=O) groups excluding carboxylic acids is 1. The number of amides is 1. The van der Waals surface area contributed by atoms with Crippen molar-refractivity contribution >= 4 is 11.7 Å². The lowest BCUT2D eigenvalue weighted by Gasteiger charge is -2.11. The third-order valence-corrected chi connectivity index (χ3v) is 4.34. The molecule has 10 heteroatoms. The lowest BCUT2D eigenvalue weighted by molar-refractivity contribution is -0.144. The van der Waals surface area contributed by atoms with Crippen LogP contribution < -0.4 is 5.32 Å². The molecule has 2 aromatic heterocycles. The Balaban J connectivity index is 1.71. The number of aromatic nitrogens is 4. The Kier molecular flexibility index (Phi) is 5.30. The van der Waals surface area contributed by atoms with Crippen molar-refractivity contribution in [3.8, 4) is 0 Å². The summed E-state index contributed by atoms with van der Waals surface area (Å²) >= 11 is 0. The van der Waals surface area contributed by atoms with Gasteiger partial charge in [-0.2, -0.15) is 18.2 Å². The van der Waals surface area contributed by atoms with Crippen LogP contribution in [-0.4, -0.2) is 25.5 Å². The molecule has 3 aromatic rings. The fraction of sp³-hybridized carbons (Fsp3) is 0.333. The number of nitrogens with one attached hydrogen (secondary N) is 1. The van der Waals surface area contributed by atoms with E-state index >= 15 is 0 Å². The van der Waals surface area contributed by atoms with E-state index in [9.17, 15) is 22.4 Å². The molecular formula is C18H17F4N5O. The standard InChI is InChI=1S/C18H17F4N5O/c1-10-13(7-8-15(28)23-9-12-5-3-4-6-14(12)19)11(2)27-17(24-10)25-16(26-27)18(20,21)22/h3-6H,7-9H2,1-2H3,(H,23,28). The Morgan fingerprint density at radius 3 is 2.57 bits per heavy atom. The Morgan fingerprint density at radius 1 is 1.18 bits per heavy atom. The van der Waals surface area contributed by atoms with Crippen LogP contribution in [0, 0.1) is 19.7 Å². The normalized spacial score (nSPS) is 11.8. The molecule has 0 saturated carbocycles. The molecule has 0 aliphatic heterocycles. The monoisotopic (exact) mass is 395 g/mol. The number of rotatable bonds is 5. The number of hydrogen-bond donors (Lipinski definition) is 1. The van der Waals surface area contributed by atoms with Crippen molar-refractivity contribution in [2.24, 2.45) is 0 Å². The Labute approximate surface area is 157 Å². The fourth-order valence-electron chi connectivity index (χ4n) is 2.85. The topological polar surface area (TPSA) is 72.2 Å². The average molecular weight is 395 g/mol. The van der Waals surface area contributed by atoms with Crippen molar-refractivity contribution in [2.75, 3.05) is 0 Å². The second-order valence-electron chi connectivity index (χ2n) is 6.27. The van der Waals surface area contributed by atoms with E-state index in [1.54, 1.807) is 32.0 Å². The maximum atomic E-state index is 13.6. The molecule has 0 aliphatic carbocycles. The van der Waals surface area contributed by atoms with Crippen LogP contribution in [0.3, 0.4) is 0 Å². The van der Waals surface area contributed by atoms with E-state index in [1.807, 2.05) is 0 Å². The second-order valence-corrected chi connectivity index (χ2v) is 6.27. The van der Waals surface area contributed by atoms with Gasteiger partial charge in [-0.05, 0) is 31.9 Å². The van der Waals surface area contributed by atoms with Crippen LogP contribution in [0.5, 0.6) is 0 Å². The summed E-state index contributed by atoms with van der Waals surface area (Å²) in [5, 5.41) is 6.10. The summed E-state index contributed by atoms with van der Waals surface area (Å²) in [6.45, 7) is 3.30. The number of carbonyl (C=O) groups is 1. The number of nitrogens with zero attached hydrogens (tertiary/aromatic N) is 4. The first-order valence-corrected chi connectivity index (χ1v) is 8.47. The first-order chi connectivity index (χ1) is 13.2. The second kappa shape index (κ2) is 7.53. The van der Waals surface area contributed by atoms with Crippen LogP contribution in [0.25, 0.3) is 5.78 Å². The lowest BCUT2D eigenvalue weighted by Crippen LogP contribution is -2.24. The largest absolute Gasteiger partial charge is 0.453 e. The zero-order valence-electron chi connectivity index (χ0n) is 15.1. The predicted molar refractivity (Wildman–Crippen MR) is 91.8 cm³/mol. The van der Waals surface area contributed by atoms with Crippen LogP contribution >= 0.6 is 0 Å². The lowest BCUT2D eigenvalue weighted by atomic mass is 10.1. The summed E-state index contributed by atoms with van der Waals surface area (Å²) in [7, 11) is 0. The minimum absolute atomic E-state index is 0.0543. The number of benzene rings is 1. The van der Waals surface area contributed by atoms with Gasteiger partial charge < -0.3 is 5.32 Å². The number of hydrogen-bond acceptors (Lipinski definition) is 4. The van der Waals surface area contributed by atoms with E-state index in [2.05, 4.69) is 20.4 Å². The molecule has 0 radical (unpaired) electrons. The molecule has 3 rings (SSSR count). The summed E-state index contributed by atoms with van der Waals surface area (Å²) in [6.07, 6.45) is -4.34. The number of fused-ring (bicyclic) bond motifs is 1. The highest BCUT2D eigenvalue weighted by Gasteiger charge is 2.36. The fourth-order valence-corrected chi connectivity index (χ4v) is 2.85. The average Bonchev–Trinajstić information content (AvgIpc) is 3.05. The summed E-state index contributed by atoms with van der Waals surface area (Å²) in [6, 6.07) is 6.11. The van der Waals surface area contributed by atoms with E-state index in [4.69, 9.17) is 0 Å². The molecule has 148 valence electrons. The predicted octanol–water partition coefficient (Wildman–Crippen LogP) is 3.15. The molecule has 0 unspecified atom stereocenters. The zero-order chi connectivity index (χ0) is 20.5. The molecule has 0 aliphatic rings. The highest BCUT2D eigenvalue weighted by Crippen LogP contribution is 2.27. The van der Waals surface area contributed by atoms with Crippen LogP contribution in [-0.2, 0) is 23.9 Å². The van der Waals surface area contributed by atoms with E-state index in [0.29, 0.717) is 22.5 Å². The third kappa shape index (κ3) is 4.10. The minimum Gasteiger partial charge on any atom is -0.352 e. The van der Waals surface area contributed by atoms with Gasteiger partial charge in [0, 0.05) is 29.9 Å². The molecule has 0 fully saturated rings. The van der Waals surface area contributed by atoms with Gasteiger partial charge in [0.25, 0.3) is 11.6 Å². The smallest absolute Gasteiger partial charge is 0.352 e. The van der Waals surface area contributed by atoms with Crippen molar-refractivity contribution in [1.82, 2.24) is 24.9 Å². The van der Waals surface area contributed by atoms with Crippen molar-refractivity contribution in [3.05, 3.63) is 58.4 Å². The minimum atomic E-state index is -4.67. The molecule has 2 heterocycles. The van der Waals surface area contributed by atoms with Crippen molar-refractivity contribution in [1.29, 1.82) is 0 Å². The van der Waals surface area contributed by atoms with Crippen LogP contribution in [0.2, 0.25) is 0 Å². The Bertz CT molecular complexity index is 1030. The number of aryl methyl sites for hydroxylation is 2. The van der Waals surface area contributed by atoms with Crippen molar-refractivity contribution in [2.45, 2.75) is 39.4 Å². The quantitative estimate of drug-likeness (QED) is 0.674. The molecule has 1 amide bonds. The molecule has 1 aromatic carbocycles. The van der Waals surface area contributed by atoms with Gasteiger partial charge in [-0.15, -0.1) is 5.10 Å². The van der Waals surface area contributed by atoms with Crippen molar-refractivity contribution in [3.63, 3.8) is 0 Å². The Morgan fingerprint density at radius 2 is 1.89 bits per heavy atom. The first-order valence-electron chi connectivity index (χ1n) is 8.47. The third-order valence-electron chi connectivity index (χ3n) is 4.34. The van der Waals surface area contributed by atoms with E-state index in [1.165, 1.54) is 6.07 Å². The van der Waals surface area contributed by atoms with Gasteiger partial charge in [-0.1, -0.05) is 18.2 Å². The summed E-state index contributed by atoms with van der Waals surface area (Å²) in [5.74, 6) is -2.12. The summed E-state index contributed by atoms with van der Waals surface area (Å²) in [5.41, 5.74) is 1.90. The summed E-state index contributed by atoms with van der Waals surface area (Å²) < 4.78 is 53.1. The maximum Gasteiger partial charge on any atom is 0.453 e. The molecule has 0 bridgehead atoms. The molecule has 6 nitrogen and oxygen atoms in total. The molecular weight excluding hydrogens is 378 g/mol. The van der Waals surface area contributed by atoms with Crippen LogP contribution in [0.1, 0.15) is 34.8 Å². The molecule has 28 heavy (non-hydrogen) atoms. The van der Waals surface area contributed by atoms with Gasteiger partial charge in [-0.3, -0.25) is 4.79 Å². The van der Waals surface area contributed by atoms with E-state index in [0.717, 1.165) is 4.52 Å². The highest BCUT2D eigenvalue weighted by molar-refractivity contribution is 5.76. The first kappa shape index (κ1) is 19.7. The van der Waals surface area contributed by atoms with Gasteiger partial charge in [0.05, 0.1) is 0 Å². The van der Waals surface area contributed by atoms with E-state index in [-0.39, 0.29) is 31.1 Å². The molecule has 0 saturated heterocycles. The Hall–Kier alpha value is -3.04. The molecule has 1 N–H and O–H groups in total. The van der Waals surface area contributed by atoms with Gasteiger partial charge in [0.2, 0.25) is 5.91 Å². The SMILES string of the molecule is Cc1nc2nc(C(F)(F)F)nn2c(C)c1CCC(=O)NCc1ccccc1F. The van der Waals surface area contributed by atoms with Gasteiger partial charge in [0.15, 0.2) is 0 Å². The zero-order valence-corrected chi connectivity index (χ0v) is 15.1. The number of alkyl halides is 3. The maximum absolute atomic E-state index is 13.6. The van der Waals surface area contributed by atoms with Crippen LogP contribution in [0.15, 0.2) is 24.3 Å². The van der Waals surface area contributed by atoms with Gasteiger partial charge >= 0.3 is 6.18 Å². The van der Waals surface area contributed by atoms with Gasteiger partial charge in [0.1, 0.15) is 5.82 Å². The molecule has 0 atom stereocenters. The van der Waals surface area contributed by atoms with E-state index < -0.39 is 17.8 Å². The van der Waals surface area contributed by atoms with Crippen molar-refractivity contribution < 1.29 is 22.4 Å². The number of halogens is 4. The molecule has 0 spiro atoms. The van der Waals surface area contributed by atoms with Crippen LogP contribution in [0.4, 0.5) is 17.6 Å². The van der Waals surface area contributed by atoms with Gasteiger partial charge in [-0.25, -0.2) is 13.9 Å². The summed E-state index contributed by atoms with van der Waals surface area (Å²) in [4.78, 5) is 19.6.